The lowest BCUT2D eigenvalue weighted by Crippen LogP contribution is -2.32. The third-order valence-corrected chi connectivity index (χ3v) is 2.63. The number of aliphatic hydroxyl groups excluding tert-OH is 1. The number of hydrogen-bond donors (Lipinski definition) is 2. The zero-order chi connectivity index (χ0) is 12.0. The second kappa shape index (κ2) is 6.60. The Kier molecular flexibility index (Phi) is 5.42. The highest BCUT2D eigenvalue weighted by Gasteiger charge is 2.09. The summed E-state index contributed by atoms with van der Waals surface area (Å²) >= 11 is 3.21. The van der Waals surface area contributed by atoms with Gasteiger partial charge < -0.3 is 10.4 Å². The molecule has 1 unspecified atom stereocenters. The summed E-state index contributed by atoms with van der Waals surface area (Å²) in [5, 5.41) is 11.5. The van der Waals surface area contributed by atoms with E-state index in [0.29, 0.717) is 16.6 Å². The minimum absolute atomic E-state index is 0.0586. The van der Waals surface area contributed by atoms with Crippen LogP contribution in [0.5, 0.6) is 0 Å². The fourth-order valence-corrected chi connectivity index (χ4v) is 1.52. The SMILES string of the molecule is CC(CCCO)NC(=O)c1ccc(Br)nc1. The lowest BCUT2D eigenvalue weighted by Gasteiger charge is -2.12. The van der Waals surface area contributed by atoms with Gasteiger partial charge in [-0.15, -0.1) is 0 Å². The fourth-order valence-electron chi connectivity index (χ4n) is 1.29. The van der Waals surface area contributed by atoms with Crippen molar-refractivity contribution in [3.8, 4) is 0 Å². The van der Waals surface area contributed by atoms with Crippen molar-refractivity contribution in [3.63, 3.8) is 0 Å². The van der Waals surface area contributed by atoms with Crippen molar-refractivity contribution < 1.29 is 9.90 Å². The molecule has 0 bridgehead atoms. The van der Waals surface area contributed by atoms with E-state index in [9.17, 15) is 4.79 Å². The quantitative estimate of drug-likeness (QED) is 0.811. The zero-order valence-corrected chi connectivity index (χ0v) is 10.7. The molecule has 0 aromatic carbocycles. The molecule has 0 saturated heterocycles. The average Bonchev–Trinajstić information content (AvgIpc) is 2.27. The normalized spacial score (nSPS) is 12.2. The molecule has 1 atom stereocenters. The highest BCUT2D eigenvalue weighted by atomic mass is 79.9. The summed E-state index contributed by atoms with van der Waals surface area (Å²) in [6.45, 7) is 2.07. The number of hydrogen-bond acceptors (Lipinski definition) is 3. The van der Waals surface area contributed by atoms with Crippen LogP contribution >= 0.6 is 15.9 Å². The maximum Gasteiger partial charge on any atom is 0.253 e. The number of halogens is 1. The van der Waals surface area contributed by atoms with Crippen LogP contribution in [-0.2, 0) is 0 Å². The topological polar surface area (TPSA) is 62.2 Å². The van der Waals surface area contributed by atoms with Crippen LogP contribution < -0.4 is 5.32 Å². The van der Waals surface area contributed by atoms with Crippen molar-refractivity contribution >= 4 is 21.8 Å². The van der Waals surface area contributed by atoms with Gasteiger partial charge in [-0.3, -0.25) is 4.79 Å². The molecule has 2 N–H and O–H groups in total. The fraction of sp³-hybridized carbons (Fsp3) is 0.455. The summed E-state index contributed by atoms with van der Waals surface area (Å²) in [4.78, 5) is 15.7. The first-order valence-corrected chi connectivity index (χ1v) is 5.96. The second-order valence-electron chi connectivity index (χ2n) is 3.61. The maximum atomic E-state index is 11.7. The predicted molar refractivity (Wildman–Crippen MR) is 65.2 cm³/mol. The molecule has 1 amide bonds. The van der Waals surface area contributed by atoms with Gasteiger partial charge in [-0.05, 0) is 47.8 Å². The molecule has 0 fully saturated rings. The molecule has 4 nitrogen and oxygen atoms in total. The van der Waals surface area contributed by atoms with E-state index in [2.05, 4.69) is 26.2 Å². The summed E-state index contributed by atoms with van der Waals surface area (Å²) in [7, 11) is 0. The van der Waals surface area contributed by atoms with Crippen molar-refractivity contribution in [2.45, 2.75) is 25.8 Å². The molecule has 0 saturated carbocycles. The van der Waals surface area contributed by atoms with E-state index >= 15 is 0 Å². The molecule has 1 rings (SSSR count). The van der Waals surface area contributed by atoms with Crippen LogP contribution in [0.2, 0.25) is 0 Å². The highest BCUT2D eigenvalue weighted by Crippen LogP contribution is 2.06. The van der Waals surface area contributed by atoms with Gasteiger partial charge in [0.05, 0.1) is 5.56 Å². The molecule has 0 spiro atoms. The Balaban J connectivity index is 2.48. The van der Waals surface area contributed by atoms with Gasteiger partial charge in [0.15, 0.2) is 0 Å². The molecule has 5 heteroatoms. The van der Waals surface area contributed by atoms with E-state index in [1.807, 2.05) is 6.92 Å². The maximum absolute atomic E-state index is 11.7. The first-order valence-electron chi connectivity index (χ1n) is 5.16. The van der Waals surface area contributed by atoms with Gasteiger partial charge in [-0.25, -0.2) is 4.98 Å². The van der Waals surface area contributed by atoms with Crippen molar-refractivity contribution in [3.05, 3.63) is 28.5 Å². The van der Waals surface area contributed by atoms with E-state index < -0.39 is 0 Å². The Morgan fingerprint density at radius 1 is 1.62 bits per heavy atom. The Labute approximate surface area is 103 Å². The Bertz CT molecular complexity index is 340. The third kappa shape index (κ3) is 4.28. The van der Waals surface area contributed by atoms with Gasteiger partial charge >= 0.3 is 0 Å². The van der Waals surface area contributed by atoms with Gasteiger partial charge in [-0.1, -0.05) is 0 Å². The molecular weight excluding hydrogens is 272 g/mol. The summed E-state index contributed by atoms with van der Waals surface area (Å²) in [6.07, 6.45) is 2.99. The molecule has 1 aromatic rings. The molecule has 1 heterocycles. The van der Waals surface area contributed by atoms with E-state index in [-0.39, 0.29) is 18.6 Å². The molecule has 16 heavy (non-hydrogen) atoms. The van der Waals surface area contributed by atoms with Crippen LogP contribution in [0.25, 0.3) is 0 Å². The largest absolute Gasteiger partial charge is 0.396 e. The summed E-state index contributed by atoms with van der Waals surface area (Å²) in [5.41, 5.74) is 0.541. The van der Waals surface area contributed by atoms with E-state index in [4.69, 9.17) is 5.11 Å². The van der Waals surface area contributed by atoms with Crippen LogP contribution in [0.3, 0.4) is 0 Å². The zero-order valence-electron chi connectivity index (χ0n) is 9.11. The van der Waals surface area contributed by atoms with Crippen LogP contribution in [0.15, 0.2) is 22.9 Å². The summed E-state index contributed by atoms with van der Waals surface area (Å²) in [6, 6.07) is 3.50. The van der Waals surface area contributed by atoms with Gasteiger partial charge in [0.1, 0.15) is 4.60 Å². The standard InChI is InChI=1S/C11H15BrN2O2/c1-8(3-2-6-15)14-11(16)9-4-5-10(12)13-7-9/h4-5,7-8,15H,2-3,6H2,1H3,(H,14,16). The average molecular weight is 287 g/mol. The molecular formula is C11H15BrN2O2. The van der Waals surface area contributed by atoms with Gasteiger partial charge in [-0.2, -0.15) is 0 Å². The Hall–Kier alpha value is -0.940. The lowest BCUT2D eigenvalue weighted by atomic mass is 10.1. The molecule has 0 aliphatic carbocycles. The smallest absolute Gasteiger partial charge is 0.253 e. The lowest BCUT2D eigenvalue weighted by molar-refractivity contribution is 0.0936. The molecule has 0 aliphatic rings. The van der Waals surface area contributed by atoms with Crippen LogP contribution in [0, 0.1) is 0 Å². The number of amides is 1. The van der Waals surface area contributed by atoms with Crippen molar-refractivity contribution in [2.24, 2.45) is 0 Å². The summed E-state index contributed by atoms with van der Waals surface area (Å²) in [5.74, 6) is -0.134. The van der Waals surface area contributed by atoms with Crippen molar-refractivity contribution in [2.75, 3.05) is 6.61 Å². The minimum Gasteiger partial charge on any atom is -0.396 e. The molecule has 0 aliphatic heterocycles. The Morgan fingerprint density at radius 3 is 2.94 bits per heavy atom. The highest BCUT2D eigenvalue weighted by molar-refractivity contribution is 9.10. The predicted octanol–water partition coefficient (Wildman–Crippen LogP) is 1.73. The number of aromatic nitrogens is 1. The Morgan fingerprint density at radius 2 is 2.38 bits per heavy atom. The van der Waals surface area contributed by atoms with Crippen LogP contribution in [-0.4, -0.2) is 28.6 Å². The van der Waals surface area contributed by atoms with E-state index in [1.54, 1.807) is 12.1 Å². The number of rotatable bonds is 5. The van der Waals surface area contributed by atoms with E-state index in [0.717, 1.165) is 6.42 Å². The molecule has 88 valence electrons. The van der Waals surface area contributed by atoms with Crippen LogP contribution in [0.1, 0.15) is 30.1 Å². The number of carbonyl (C=O) groups excluding carboxylic acids is 1. The molecule has 0 radical (unpaired) electrons. The first kappa shape index (κ1) is 13.1. The van der Waals surface area contributed by atoms with Crippen LogP contribution in [0.4, 0.5) is 0 Å². The number of nitrogens with zero attached hydrogens (tertiary/aromatic N) is 1. The number of carbonyl (C=O) groups is 1. The van der Waals surface area contributed by atoms with E-state index in [1.165, 1.54) is 6.20 Å². The second-order valence-corrected chi connectivity index (χ2v) is 4.42. The van der Waals surface area contributed by atoms with Gasteiger partial charge in [0.2, 0.25) is 0 Å². The monoisotopic (exact) mass is 286 g/mol. The third-order valence-electron chi connectivity index (χ3n) is 2.16. The minimum atomic E-state index is -0.134. The molecule has 1 aromatic heterocycles. The van der Waals surface area contributed by atoms with Crippen molar-refractivity contribution in [1.82, 2.24) is 10.3 Å². The number of pyridine rings is 1. The first-order chi connectivity index (χ1) is 7.63. The number of nitrogens with one attached hydrogen (secondary N) is 1. The van der Waals surface area contributed by atoms with Gasteiger partial charge in [0, 0.05) is 18.8 Å². The van der Waals surface area contributed by atoms with Crippen molar-refractivity contribution in [1.29, 1.82) is 0 Å². The number of aliphatic hydroxyl groups is 1. The summed E-state index contributed by atoms with van der Waals surface area (Å²) < 4.78 is 0.706. The van der Waals surface area contributed by atoms with Gasteiger partial charge in [0.25, 0.3) is 5.91 Å².